The minimum Gasteiger partial charge on any atom is -0.508 e. The van der Waals surface area contributed by atoms with Crippen molar-refractivity contribution in [3.63, 3.8) is 0 Å². The van der Waals surface area contributed by atoms with E-state index in [-0.39, 0.29) is 11.4 Å². The van der Waals surface area contributed by atoms with Crippen molar-refractivity contribution in [2.45, 2.75) is 6.23 Å². The number of anilines is 2. The lowest BCUT2D eigenvalue weighted by atomic mass is 10.0. The Labute approximate surface area is 179 Å². The van der Waals surface area contributed by atoms with Gasteiger partial charge in [-0.15, -0.1) is 5.11 Å². The van der Waals surface area contributed by atoms with Crippen molar-refractivity contribution in [3.8, 4) is 5.75 Å². The number of nitro benzene ring substituents is 1. The van der Waals surface area contributed by atoms with Gasteiger partial charge in [0.1, 0.15) is 11.4 Å². The summed E-state index contributed by atoms with van der Waals surface area (Å²) in [6.45, 7) is 0. The number of nitro groups is 1. The van der Waals surface area contributed by atoms with Crippen LogP contribution in [0.15, 0.2) is 87.5 Å². The Balaban J connectivity index is 1.77. The molecule has 8 nitrogen and oxygen atoms in total. The summed E-state index contributed by atoms with van der Waals surface area (Å²) in [7, 11) is 0. The Morgan fingerprint density at radius 3 is 2.37 bits per heavy atom. The third-order valence-corrected chi connectivity index (χ3v) is 5.34. The normalized spacial score (nSPS) is 16.1. The number of azo groups is 1. The Hall–Kier alpha value is -3.56. The number of fused-ring (bicyclic) bond motifs is 1. The monoisotopic (exact) mass is 466 g/mol. The molecular weight excluding hydrogens is 452 g/mol. The first-order valence-corrected chi connectivity index (χ1v) is 9.66. The number of para-hydroxylation sites is 1. The number of hydrogen-bond donors (Lipinski definition) is 2. The van der Waals surface area contributed by atoms with Gasteiger partial charge in [0.25, 0.3) is 5.69 Å². The number of hydrogen-bond acceptors (Lipinski definition) is 7. The number of non-ortho nitro benzene ring substituents is 1. The van der Waals surface area contributed by atoms with Crippen LogP contribution in [-0.2, 0) is 0 Å². The molecule has 0 saturated carbocycles. The summed E-state index contributed by atoms with van der Waals surface area (Å²) in [6, 6.07) is 19.8. The molecule has 0 saturated heterocycles. The summed E-state index contributed by atoms with van der Waals surface area (Å²) in [5.41, 5.74) is 2.69. The van der Waals surface area contributed by atoms with E-state index in [9.17, 15) is 20.3 Å². The molecule has 30 heavy (non-hydrogen) atoms. The molecule has 1 aliphatic rings. The summed E-state index contributed by atoms with van der Waals surface area (Å²) in [4.78, 5) is 12.0. The predicted molar refractivity (Wildman–Crippen MR) is 116 cm³/mol. The van der Waals surface area contributed by atoms with Gasteiger partial charge in [0, 0.05) is 23.4 Å². The van der Waals surface area contributed by atoms with Crippen LogP contribution < -0.4 is 4.90 Å². The van der Waals surface area contributed by atoms with Crippen LogP contribution >= 0.6 is 15.9 Å². The fourth-order valence-electron chi connectivity index (χ4n) is 3.14. The van der Waals surface area contributed by atoms with Crippen molar-refractivity contribution in [2.75, 3.05) is 4.90 Å². The molecule has 1 atom stereocenters. The summed E-state index contributed by atoms with van der Waals surface area (Å²) in [6.07, 6.45) is -1.06. The van der Waals surface area contributed by atoms with Gasteiger partial charge in [-0.25, -0.2) is 0 Å². The fraction of sp³-hybridized carbons (Fsp3) is 0.0476. The molecule has 1 aliphatic heterocycles. The predicted octanol–water partition coefficient (Wildman–Crippen LogP) is 5.62. The molecular formula is C21H15BrN4O4. The molecule has 0 radical (unpaired) electrons. The van der Waals surface area contributed by atoms with Gasteiger partial charge in [0.05, 0.1) is 20.8 Å². The first-order valence-electron chi connectivity index (χ1n) is 8.87. The van der Waals surface area contributed by atoms with Crippen molar-refractivity contribution in [2.24, 2.45) is 10.2 Å². The first-order chi connectivity index (χ1) is 14.5. The first kappa shape index (κ1) is 19.7. The van der Waals surface area contributed by atoms with E-state index in [0.29, 0.717) is 27.1 Å². The molecule has 2 N–H and O–H groups in total. The topological polar surface area (TPSA) is 112 Å². The molecule has 4 rings (SSSR count). The average Bonchev–Trinajstić information content (AvgIpc) is 2.75. The number of aliphatic hydroxyl groups is 1. The summed E-state index contributed by atoms with van der Waals surface area (Å²) in [5.74, 6) is 0.0430. The molecule has 1 heterocycles. The zero-order valence-corrected chi connectivity index (χ0v) is 17.0. The van der Waals surface area contributed by atoms with Crippen LogP contribution in [0, 0.1) is 10.1 Å². The molecule has 0 aromatic heterocycles. The molecule has 3 aromatic carbocycles. The number of halogens is 1. The second-order valence-electron chi connectivity index (χ2n) is 6.45. The fourth-order valence-corrected chi connectivity index (χ4v) is 3.64. The summed E-state index contributed by atoms with van der Waals surface area (Å²) >= 11 is 3.42. The summed E-state index contributed by atoms with van der Waals surface area (Å²) < 4.78 is 0.370. The van der Waals surface area contributed by atoms with Gasteiger partial charge in [0.15, 0.2) is 6.23 Å². The lowest BCUT2D eigenvalue weighted by Gasteiger charge is -2.35. The Kier molecular flexibility index (Phi) is 5.30. The van der Waals surface area contributed by atoms with E-state index >= 15 is 0 Å². The summed E-state index contributed by atoms with van der Waals surface area (Å²) in [5, 5.41) is 40.2. The van der Waals surface area contributed by atoms with Crippen LogP contribution in [0.3, 0.4) is 0 Å². The van der Waals surface area contributed by atoms with Crippen LogP contribution in [0.4, 0.5) is 22.7 Å². The van der Waals surface area contributed by atoms with E-state index in [1.807, 2.05) is 30.3 Å². The van der Waals surface area contributed by atoms with Gasteiger partial charge in [-0.3, -0.25) is 10.1 Å². The number of phenolic OH excluding ortho intramolecular Hbond substituents is 1. The van der Waals surface area contributed by atoms with E-state index in [1.165, 1.54) is 30.3 Å². The van der Waals surface area contributed by atoms with Crippen molar-refractivity contribution in [1.82, 2.24) is 0 Å². The lowest BCUT2D eigenvalue weighted by molar-refractivity contribution is -0.384. The molecule has 0 bridgehead atoms. The van der Waals surface area contributed by atoms with Crippen LogP contribution in [-0.4, -0.2) is 21.4 Å². The second-order valence-corrected chi connectivity index (χ2v) is 7.31. The maximum Gasteiger partial charge on any atom is 0.269 e. The Morgan fingerprint density at radius 1 is 1.00 bits per heavy atom. The van der Waals surface area contributed by atoms with E-state index in [2.05, 4.69) is 26.2 Å². The Morgan fingerprint density at radius 2 is 1.70 bits per heavy atom. The molecule has 0 fully saturated rings. The lowest BCUT2D eigenvalue weighted by Crippen LogP contribution is -2.34. The SMILES string of the molecule is O=[N+]([O-])c1ccc(N=NC2=C(Br)C(O)N(c3ccccc3)c3ccc(O)cc32)cc1. The maximum absolute atomic E-state index is 11.0. The smallest absolute Gasteiger partial charge is 0.269 e. The molecule has 3 aromatic rings. The second kappa shape index (κ2) is 8.05. The molecule has 0 amide bonds. The number of aliphatic hydroxyl groups excluding tert-OH is 1. The highest BCUT2D eigenvalue weighted by molar-refractivity contribution is 9.11. The van der Waals surface area contributed by atoms with Crippen molar-refractivity contribution in [3.05, 3.63) is 93.0 Å². The van der Waals surface area contributed by atoms with Crippen molar-refractivity contribution >= 4 is 44.4 Å². The molecule has 0 aliphatic carbocycles. The van der Waals surface area contributed by atoms with Crippen LogP contribution in [0.5, 0.6) is 5.75 Å². The van der Waals surface area contributed by atoms with Gasteiger partial charge in [0.2, 0.25) is 0 Å². The van der Waals surface area contributed by atoms with E-state index in [4.69, 9.17) is 0 Å². The number of aromatic hydroxyl groups is 1. The van der Waals surface area contributed by atoms with Crippen molar-refractivity contribution < 1.29 is 15.1 Å². The van der Waals surface area contributed by atoms with E-state index < -0.39 is 11.2 Å². The third kappa shape index (κ3) is 3.68. The van der Waals surface area contributed by atoms with Crippen molar-refractivity contribution in [1.29, 1.82) is 0 Å². The largest absolute Gasteiger partial charge is 0.508 e. The van der Waals surface area contributed by atoms with Gasteiger partial charge in [-0.1, -0.05) is 18.2 Å². The number of nitrogens with zero attached hydrogens (tertiary/aromatic N) is 4. The standard InChI is InChI=1S/C21H15BrN4O4/c22-19-20(24-23-13-6-8-15(9-7-13)26(29)30)17-12-16(27)10-11-18(17)25(21(19)28)14-4-2-1-3-5-14/h1-12,21,27-28H. The zero-order chi connectivity index (χ0) is 21.3. The number of benzene rings is 3. The zero-order valence-electron chi connectivity index (χ0n) is 15.4. The van der Waals surface area contributed by atoms with Crippen LogP contribution in [0.25, 0.3) is 5.70 Å². The van der Waals surface area contributed by atoms with Crippen LogP contribution in [0.1, 0.15) is 5.56 Å². The molecule has 150 valence electrons. The third-order valence-electron chi connectivity index (χ3n) is 4.55. The highest BCUT2D eigenvalue weighted by atomic mass is 79.9. The van der Waals surface area contributed by atoms with Gasteiger partial charge in [-0.2, -0.15) is 5.11 Å². The minimum absolute atomic E-state index is 0.0430. The number of phenols is 1. The average molecular weight is 467 g/mol. The quantitative estimate of drug-likeness (QED) is 0.294. The minimum atomic E-state index is -1.06. The van der Waals surface area contributed by atoms with Gasteiger partial charge in [-0.05, 0) is 58.4 Å². The van der Waals surface area contributed by atoms with E-state index in [0.717, 1.165) is 5.69 Å². The van der Waals surface area contributed by atoms with Crippen LogP contribution in [0.2, 0.25) is 0 Å². The molecule has 0 spiro atoms. The number of rotatable bonds is 4. The highest BCUT2D eigenvalue weighted by Crippen LogP contribution is 2.45. The maximum atomic E-state index is 11.0. The highest BCUT2D eigenvalue weighted by Gasteiger charge is 2.32. The van der Waals surface area contributed by atoms with Gasteiger partial charge < -0.3 is 15.1 Å². The van der Waals surface area contributed by atoms with Gasteiger partial charge >= 0.3 is 0 Å². The Bertz CT molecular complexity index is 1160. The molecule has 1 unspecified atom stereocenters. The molecule has 9 heteroatoms. The van der Waals surface area contributed by atoms with E-state index in [1.54, 1.807) is 17.0 Å².